The van der Waals surface area contributed by atoms with Gasteiger partial charge in [0.2, 0.25) is 0 Å². The largest absolute Gasteiger partial charge is 0.356 e. The second-order valence-electron chi connectivity index (χ2n) is 4.33. The molecule has 0 saturated carbocycles. The summed E-state index contributed by atoms with van der Waals surface area (Å²) in [5.74, 6) is 2.82. The summed E-state index contributed by atoms with van der Waals surface area (Å²) in [6, 6.07) is 0.0711. The molecular formula is C12H25N3O2S2. The molecule has 7 heteroatoms. The van der Waals surface area contributed by atoms with Crippen LogP contribution < -0.4 is 10.6 Å². The summed E-state index contributed by atoms with van der Waals surface area (Å²) in [4.78, 5) is 4.11. The van der Waals surface area contributed by atoms with Crippen molar-refractivity contribution in [2.24, 2.45) is 4.99 Å². The third kappa shape index (κ3) is 12.1. The average Bonchev–Trinajstić information content (AvgIpc) is 2.34. The fourth-order valence-electron chi connectivity index (χ4n) is 1.30. The van der Waals surface area contributed by atoms with E-state index in [2.05, 4.69) is 22.2 Å². The maximum absolute atomic E-state index is 11.1. The lowest BCUT2D eigenvalue weighted by Crippen LogP contribution is -2.43. The molecule has 0 bridgehead atoms. The number of nitrogens with one attached hydrogen (secondary N) is 2. The summed E-state index contributed by atoms with van der Waals surface area (Å²) in [7, 11) is -1.20. The lowest BCUT2D eigenvalue weighted by atomic mass is 10.3. The second-order valence-corrected chi connectivity index (χ2v) is 7.74. The normalized spacial score (nSPS) is 13.9. The van der Waals surface area contributed by atoms with Crippen molar-refractivity contribution in [1.82, 2.24) is 10.6 Å². The topological polar surface area (TPSA) is 70.6 Å². The van der Waals surface area contributed by atoms with E-state index in [1.165, 1.54) is 6.26 Å². The van der Waals surface area contributed by atoms with Crippen LogP contribution in [0.25, 0.3) is 0 Å². The molecule has 1 unspecified atom stereocenters. The van der Waals surface area contributed by atoms with Crippen molar-refractivity contribution < 1.29 is 8.42 Å². The molecule has 0 radical (unpaired) electrons. The zero-order chi connectivity index (χ0) is 14.7. The van der Waals surface area contributed by atoms with Crippen LogP contribution in [0.2, 0.25) is 0 Å². The SMILES string of the molecule is C=CCSCCNC(=NC)NC(C)CCS(C)(=O)=O. The first-order valence-corrected chi connectivity index (χ1v) is 9.44. The Hall–Kier alpha value is -0.690. The fourth-order valence-corrected chi connectivity index (χ4v) is 2.66. The average molecular weight is 307 g/mol. The molecule has 112 valence electrons. The van der Waals surface area contributed by atoms with E-state index in [1.807, 2.05) is 13.0 Å². The Morgan fingerprint density at radius 1 is 1.53 bits per heavy atom. The predicted octanol–water partition coefficient (Wildman–Crippen LogP) is 0.894. The molecule has 0 fully saturated rings. The summed E-state index contributed by atoms with van der Waals surface area (Å²) in [6.45, 7) is 6.43. The maximum Gasteiger partial charge on any atom is 0.191 e. The Bertz CT molecular complexity index is 380. The summed E-state index contributed by atoms with van der Waals surface area (Å²) in [5, 5.41) is 6.37. The highest BCUT2D eigenvalue weighted by Crippen LogP contribution is 1.98. The Morgan fingerprint density at radius 2 is 2.21 bits per heavy atom. The molecule has 1 atom stereocenters. The van der Waals surface area contributed by atoms with Crippen LogP contribution in [0.3, 0.4) is 0 Å². The van der Waals surface area contributed by atoms with E-state index in [-0.39, 0.29) is 11.8 Å². The molecule has 0 aliphatic rings. The molecule has 0 saturated heterocycles. The number of thioether (sulfide) groups is 1. The number of hydrogen-bond donors (Lipinski definition) is 2. The molecule has 0 amide bonds. The van der Waals surface area contributed by atoms with Crippen LogP contribution in [-0.4, -0.2) is 57.5 Å². The van der Waals surface area contributed by atoms with Crippen LogP contribution in [-0.2, 0) is 9.84 Å². The molecule has 0 aliphatic carbocycles. The second kappa shape index (κ2) is 10.1. The lowest BCUT2D eigenvalue weighted by molar-refractivity contribution is 0.582. The van der Waals surface area contributed by atoms with Crippen molar-refractivity contribution in [3.8, 4) is 0 Å². The van der Waals surface area contributed by atoms with Gasteiger partial charge >= 0.3 is 0 Å². The zero-order valence-corrected chi connectivity index (χ0v) is 13.6. The molecule has 0 aliphatic heterocycles. The van der Waals surface area contributed by atoms with Gasteiger partial charge in [-0.3, -0.25) is 4.99 Å². The molecule has 2 N–H and O–H groups in total. The highest BCUT2D eigenvalue weighted by molar-refractivity contribution is 7.99. The van der Waals surface area contributed by atoms with E-state index < -0.39 is 9.84 Å². The van der Waals surface area contributed by atoms with E-state index in [9.17, 15) is 8.42 Å². The van der Waals surface area contributed by atoms with Gasteiger partial charge in [-0.2, -0.15) is 11.8 Å². The molecule has 0 spiro atoms. The van der Waals surface area contributed by atoms with Gasteiger partial charge in [0.15, 0.2) is 5.96 Å². The molecular weight excluding hydrogens is 282 g/mol. The number of rotatable bonds is 9. The van der Waals surface area contributed by atoms with Crippen LogP contribution in [0.15, 0.2) is 17.6 Å². The molecule has 0 heterocycles. The van der Waals surface area contributed by atoms with Crippen molar-refractivity contribution in [1.29, 1.82) is 0 Å². The molecule has 0 aromatic heterocycles. The van der Waals surface area contributed by atoms with Gasteiger partial charge in [0, 0.05) is 37.4 Å². The predicted molar refractivity (Wildman–Crippen MR) is 85.8 cm³/mol. The van der Waals surface area contributed by atoms with Crippen LogP contribution in [0.1, 0.15) is 13.3 Å². The summed E-state index contributed by atoms with van der Waals surface area (Å²) in [6.07, 6.45) is 3.71. The van der Waals surface area contributed by atoms with Crippen molar-refractivity contribution in [2.75, 3.05) is 37.1 Å². The van der Waals surface area contributed by atoms with Crippen LogP contribution in [0.4, 0.5) is 0 Å². The highest BCUT2D eigenvalue weighted by Gasteiger charge is 2.09. The Labute approximate surface area is 121 Å². The van der Waals surface area contributed by atoms with E-state index in [0.717, 1.165) is 18.1 Å². The molecule has 19 heavy (non-hydrogen) atoms. The van der Waals surface area contributed by atoms with Crippen molar-refractivity contribution >= 4 is 27.6 Å². The van der Waals surface area contributed by atoms with Gasteiger partial charge in [-0.05, 0) is 13.3 Å². The monoisotopic (exact) mass is 307 g/mol. The van der Waals surface area contributed by atoms with Crippen molar-refractivity contribution in [3.05, 3.63) is 12.7 Å². The van der Waals surface area contributed by atoms with E-state index >= 15 is 0 Å². The summed E-state index contributed by atoms with van der Waals surface area (Å²) >= 11 is 1.80. The first-order valence-electron chi connectivity index (χ1n) is 6.22. The summed E-state index contributed by atoms with van der Waals surface area (Å²) < 4.78 is 22.2. The molecule has 0 aromatic rings. The minimum Gasteiger partial charge on any atom is -0.356 e. The van der Waals surface area contributed by atoms with E-state index in [4.69, 9.17) is 0 Å². The van der Waals surface area contributed by atoms with E-state index in [0.29, 0.717) is 12.4 Å². The molecule has 5 nitrogen and oxygen atoms in total. The highest BCUT2D eigenvalue weighted by atomic mass is 32.2. The quantitative estimate of drug-likeness (QED) is 0.287. The van der Waals surface area contributed by atoms with Gasteiger partial charge in [0.25, 0.3) is 0 Å². The number of sulfone groups is 1. The number of nitrogens with zero attached hydrogens (tertiary/aromatic N) is 1. The van der Waals surface area contributed by atoms with Crippen LogP contribution in [0, 0.1) is 0 Å². The van der Waals surface area contributed by atoms with Crippen LogP contribution >= 0.6 is 11.8 Å². The fraction of sp³-hybridized carbons (Fsp3) is 0.750. The molecule has 0 aromatic carbocycles. The minimum atomic E-state index is -2.90. The summed E-state index contributed by atoms with van der Waals surface area (Å²) in [5.41, 5.74) is 0. The zero-order valence-electron chi connectivity index (χ0n) is 12.0. The first kappa shape index (κ1) is 18.3. The van der Waals surface area contributed by atoms with Gasteiger partial charge in [0.1, 0.15) is 9.84 Å². The number of hydrogen-bond acceptors (Lipinski definition) is 4. The van der Waals surface area contributed by atoms with E-state index in [1.54, 1.807) is 18.8 Å². The number of guanidine groups is 1. The maximum atomic E-state index is 11.1. The van der Waals surface area contributed by atoms with Gasteiger partial charge < -0.3 is 10.6 Å². The first-order chi connectivity index (χ1) is 8.89. The van der Waals surface area contributed by atoms with Gasteiger partial charge in [-0.15, -0.1) is 6.58 Å². The van der Waals surface area contributed by atoms with Gasteiger partial charge in [0.05, 0.1) is 5.75 Å². The van der Waals surface area contributed by atoms with Gasteiger partial charge in [-0.25, -0.2) is 8.42 Å². The standard InChI is InChI=1S/C12H25N3O2S2/c1-5-8-18-9-7-14-12(13-3)15-11(2)6-10-19(4,16)17/h5,11H,1,6-10H2,2-4H3,(H2,13,14,15). The van der Waals surface area contributed by atoms with Gasteiger partial charge in [-0.1, -0.05) is 6.08 Å². The van der Waals surface area contributed by atoms with Crippen LogP contribution in [0.5, 0.6) is 0 Å². The Kier molecular flexibility index (Phi) is 9.77. The lowest BCUT2D eigenvalue weighted by Gasteiger charge is -2.17. The Balaban J connectivity index is 3.89. The van der Waals surface area contributed by atoms with Crippen molar-refractivity contribution in [2.45, 2.75) is 19.4 Å². The number of aliphatic imine (C=N–C) groups is 1. The molecule has 0 rings (SSSR count). The Morgan fingerprint density at radius 3 is 2.74 bits per heavy atom. The van der Waals surface area contributed by atoms with Crippen molar-refractivity contribution in [3.63, 3.8) is 0 Å². The smallest absolute Gasteiger partial charge is 0.191 e. The third-order valence-electron chi connectivity index (χ3n) is 2.30. The minimum absolute atomic E-state index is 0.0711. The third-order valence-corrected chi connectivity index (χ3v) is 4.24.